The number of halogens is 3. The number of thioether (sulfide) groups is 1. The van der Waals surface area contributed by atoms with E-state index in [9.17, 15) is 18.3 Å². The van der Waals surface area contributed by atoms with Crippen LogP contribution in [-0.2, 0) is 0 Å². The first kappa shape index (κ1) is 13.9. The van der Waals surface area contributed by atoms with E-state index in [1.54, 1.807) is 6.08 Å². The topological polar surface area (TPSA) is 46.2 Å². The molecule has 0 spiro atoms. The lowest BCUT2D eigenvalue weighted by atomic mass is 10.0. The summed E-state index contributed by atoms with van der Waals surface area (Å²) in [5, 5.41) is 9.53. The van der Waals surface area contributed by atoms with Gasteiger partial charge in [0.2, 0.25) is 0 Å². The van der Waals surface area contributed by atoms with Crippen molar-refractivity contribution in [1.29, 1.82) is 0 Å². The van der Waals surface area contributed by atoms with Crippen LogP contribution in [0.3, 0.4) is 0 Å². The van der Waals surface area contributed by atoms with Gasteiger partial charge in [-0.25, -0.2) is 0 Å². The first-order chi connectivity index (χ1) is 7.83. The standard InChI is InChI=1S/C11H12F3NOS/c1-2-3-9(15)8-6-7(4-5-10(8)16)17-11(12,13)14/h2,4-6,9,16H,1,3,15H2/t9-/m0/s1. The molecule has 0 saturated carbocycles. The second kappa shape index (κ2) is 5.46. The Balaban J connectivity index is 2.97. The van der Waals surface area contributed by atoms with E-state index in [2.05, 4.69) is 6.58 Å². The molecule has 0 aromatic heterocycles. The average molecular weight is 263 g/mol. The lowest BCUT2D eigenvalue weighted by molar-refractivity contribution is -0.0328. The highest BCUT2D eigenvalue weighted by Crippen LogP contribution is 2.39. The fourth-order valence-electron chi connectivity index (χ4n) is 1.33. The molecule has 1 aromatic rings. The third-order valence-corrected chi connectivity index (χ3v) is 2.77. The molecule has 0 aliphatic carbocycles. The SMILES string of the molecule is C=CC[C@H](N)c1cc(SC(F)(F)F)ccc1O. The third-order valence-electron chi connectivity index (χ3n) is 2.05. The fourth-order valence-corrected chi connectivity index (χ4v) is 1.92. The average Bonchev–Trinajstić information content (AvgIpc) is 2.19. The Morgan fingerprint density at radius 2 is 2.12 bits per heavy atom. The van der Waals surface area contributed by atoms with Crippen LogP contribution in [0.1, 0.15) is 18.0 Å². The van der Waals surface area contributed by atoms with Crippen molar-refractivity contribution < 1.29 is 18.3 Å². The Morgan fingerprint density at radius 3 is 2.65 bits per heavy atom. The summed E-state index contributed by atoms with van der Waals surface area (Å²) in [6.45, 7) is 3.49. The van der Waals surface area contributed by atoms with Crippen LogP contribution >= 0.6 is 11.8 Å². The molecule has 2 nitrogen and oxygen atoms in total. The quantitative estimate of drug-likeness (QED) is 0.644. The monoisotopic (exact) mass is 263 g/mol. The molecule has 1 rings (SSSR count). The molecule has 17 heavy (non-hydrogen) atoms. The molecule has 0 aliphatic rings. The molecule has 0 amide bonds. The lowest BCUT2D eigenvalue weighted by Crippen LogP contribution is -2.09. The van der Waals surface area contributed by atoms with Crippen molar-refractivity contribution in [3.8, 4) is 5.75 Å². The molecule has 1 atom stereocenters. The number of alkyl halides is 3. The van der Waals surface area contributed by atoms with E-state index < -0.39 is 11.6 Å². The van der Waals surface area contributed by atoms with E-state index in [4.69, 9.17) is 5.73 Å². The largest absolute Gasteiger partial charge is 0.508 e. The number of hydrogen-bond donors (Lipinski definition) is 2. The van der Waals surface area contributed by atoms with Crippen LogP contribution in [0.2, 0.25) is 0 Å². The summed E-state index contributed by atoms with van der Waals surface area (Å²) in [7, 11) is 0. The lowest BCUT2D eigenvalue weighted by Gasteiger charge is -2.13. The van der Waals surface area contributed by atoms with Crippen molar-refractivity contribution in [1.82, 2.24) is 0 Å². The molecule has 0 fully saturated rings. The fraction of sp³-hybridized carbons (Fsp3) is 0.273. The molecular weight excluding hydrogens is 251 g/mol. The van der Waals surface area contributed by atoms with Gasteiger partial charge in [-0.1, -0.05) is 6.08 Å². The number of benzene rings is 1. The normalized spacial score (nSPS) is 13.4. The van der Waals surface area contributed by atoms with Crippen LogP contribution in [-0.4, -0.2) is 10.6 Å². The minimum Gasteiger partial charge on any atom is -0.508 e. The molecule has 94 valence electrons. The van der Waals surface area contributed by atoms with E-state index >= 15 is 0 Å². The maximum atomic E-state index is 12.2. The molecule has 0 aliphatic heterocycles. The molecule has 0 radical (unpaired) electrons. The molecule has 6 heteroatoms. The molecule has 3 N–H and O–H groups in total. The summed E-state index contributed by atoms with van der Waals surface area (Å²) in [4.78, 5) is 0.00446. The Bertz CT molecular complexity index is 406. The summed E-state index contributed by atoms with van der Waals surface area (Å²) in [6.07, 6.45) is 1.93. The minimum absolute atomic E-state index is 0.00446. The molecule has 1 aromatic carbocycles. The summed E-state index contributed by atoms with van der Waals surface area (Å²) in [5.74, 6) is -0.106. The van der Waals surface area contributed by atoms with Crippen molar-refractivity contribution in [2.45, 2.75) is 22.9 Å². The zero-order valence-electron chi connectivity index (χ0n) is 8.87. The van der Waals surface area contributed by atoms with E-state index in [1.165, 1.54) is 18.2 Å². The molecule has 0 saturated heterocycles. The number of phenols is 1. The van der Waals surface area contributed by atoms with Crippen LogP contribution in [0, 0.1) is 0 Å². The Labute approximate surface area is 101 Å². The van der Waals surface area contributed by atoms with Crippen LogP contribution in [0.15, 0.2) is 35.7 Å². The second-order valence-corrected chi connectivity index (χ2v) is 4.54. The number of rotatable bonds is 4. The van der Waals surface area contributed by atoms with E-state index in [0.717, 1.165) is 0 Å². The van der Waals surface area contributed by atoms with Gasteiger partial charge in [0.05, 0.1) is 0 Å². The van der Waals surface area contributed by atoms with Crippen LogP contribution in [0.5, 0.6) is 5.75 Å². The van der Waals surface area contributed by atoms with E-state index in [-0.39, 0.29) is 22.4 Å². The zero-order chi connectivity index (χ0) is 13.1. The van der Waals surface area contributed by atoms with E-state index in [0.29, 0.717) is 12.0 Å². The van der Waals surface area contributed by atoms with Gasteiger partial charge in [-0.05, 0) is 36.4 Å². The molecule has 0 bridgehead atoms. The Kier molecular flexibility index (Phi) is 4.47. The highest BCUT2D eigenvalue weighted by Gasteiger charge is 2.29. The van der Waals surface area contributed by atoms with Crippen molar-refractivity contribution in [2.24, 2.45) is 5.73 Å². The Hall–Kier alpha value is -1.14. The molecular formula is C11H12F3NOS. The van der Waals surface area contributed by atoms with Gasteiger partial charge >= 0.3 is 5.51 Å². The van der Waals surface area contributed by atoms with Gasteiger partial charge in [-0.2, -0.15) is 13.2 Å². The first-order valence-electron chi connectivity index (χ1n) is 4.78. The number of phenolic OH excluding ortho intramolecular Hbond substituents is 1. The van der Waals surface area contributed by atoms with Crippen molar-refractivity contribution in [3.63, 3.8) is 0 Å². The van der Waals surface area contributed by atoms with Gasteiger partial charge in [-0.3, -0.25) is 0 Å². The van der Waals surface area contributed by atoms with Crippen molar-refractivity contribution in [3.05, 3.63) is 36.4 Å². The smallest absolute Gasteiger partial charge is 0.446 e. The maximum Gasteiger partial charge on any atom is 0.446 e. The van der Waals surface area contributed by atoms with Gasteiger partial charge in [0, 0.05) is 16.5 Å². The van der Waals surface area contributed by atoms with Gasteiger partial charge in [-0.15, -0.1) is 6.58 Å². The summed E-state index contributed by atoms with van der Waals surface area (Å²) < 4.78 is 36.5. The number of hydrogen-bond acceptors (Lipinski definition) is 3. The molecule has 0 unspecified atom stereocenters. The predicted molar refractivity (Wildman–Crippen MR) is 61.8 cm³/mol. The van der Waals surface area contributed by atoms with Gasteiger partial charge in [0.25, 0.3) is 0 Å². The van der Waals surface area contributed by atoms with Crippen molar-refractivity contribution in [2.75, 3.05) is 0 Å². The highest BCUT2D eigenvalue weighted by molar-refractivity contribution is 8.00. The van der Waals surface area contributed by atoms with E-state index in [1.807, 2.05) is 0 Å². The van der Waals surface area contributed by atoms with Crippen molar-refractivity contribution >= 4 is 11.8 Å². The summed E-state index contributed by atoms with van der Waals surface area (Å²) in [6, 6.07) is 3.12. The summed E-state index contributed by atoms with van der Waals surface area (Å²) >= 11 is -0.233. The zero-order valence-corrected chi connectivity index (χ0v) is 9.68. The van der Waals surface area contributed by atoms with Crippen LogP contribution in [0.4, 0.5) is 13.2 Å². The molecule has 0 heterocycles. The number of aromatic hydroxyl groups is 1. The van der Waals surface area contributed by atoms with Crippen LogP contribution < -0.4 is 5.73 Å². The number of nitrogens with two attached hydrogens (primary N) is 1. The van der Waals surface area contributed by atoms with Gasteiger partial charge < -0.3 is 10.8 Å². The van der Waals surface area contributed by atoms with Crippen LogP contribution in [0.25, 0.3) is 0 Å². The second-order valence-electron chi connectivity index (χ2n) is 3.40. The maximum absolute atomic E-state index is 12.2. The Morgan fingerprint density at radius 1 is 1.47 bits per heavy atom. The van der Waals surface area contributed by atoms with Gasteiger partial charge in [0.1, 0.15) is 5.75 Å². The highest BCUT2D eigenvalue weighted by atomic mass is 32.2. The third kappa shape index (κ3) is 4.32. The van der Waals surface area contributed by atoms with Gasteiger partial charge in [0.15, 0.2) is 0 Å². The predicted octanol–water partition coefficient (Wildman–Crippen LogP) is 3.58. The summed E-state index contributed by atoms with van der Waals surface area (Å²) in [5.41, 5.74) is 1.66. The first-order valence-corrected chi connectivity index (χ1v) is 5.60. The minimum atomic E-state index is -4.35.